The molecule has 0 bridgehead atoms. The molecular formula is C39H65NO7. The van der Waals surface area contributed by atoms with Gasteiger partial charge in [0.15, 0.2) is 6.29 Å². The van der Waals surface area contributed by atoms with Crippen LogP contribution in [0.1, 0.15) is 120 Å². The third-order valence-corrected chi connectivity index (χ3v) is 15.3. The molecule has 0 radical (unpaired) electrons. The summed E-state index contributed by atoms with van der Waals surface area (Å²) in [6, 6.07) is 0. The van der Waals surface area contributed by atoms with Crippen molar-refractivity contribution in [3.63, 3.8) is 0 Å². The zero-order valence-electron chi connectivity index (χ0n) is 30.7. The first-order valence-electron chi connectivity index (χ1n) is 19.3. The number of aliphatic hydroxyl groups excluding tert-OH is 1. The van der Waals surface area contributed by atoms with E-state index < -0.39 is 17.1 Å². The molecule has 268 valence electrons. The van der Waals surface area contributed by atoms with Gasteiger partial charge in [-0.05, 0) is 124 Å². The highest BCUT2D eigenvalue weighted by Crippen LogP contribution is 2.87. The summed E-state index contributed by atoms with van der Waals surface area (Å²) in [5.74, 6) is 2.06. The van der Waals surface area contributed by atoms with Crippen molar-refractivity contribution in [2.75, 3.05) is 32.9 Å². The summed E-state index contributed by atoms with van der Waals surface area (Å²) in [7, 11) is 0. The van der Waals surface area contributed by atoms with Gasteiger partial charge in [-0.3, -0.25) is 4.79 Å². The van der Waals surface area contributed by atoms with Gasteiger partial charge >= 0.3 is 0 Å². The van der Waals surface area contributed by atoms with E-state index in [1.807, 2.05) is 39.5 Å². The number of nitrogens with zero attached hydrogens (tertiary/aromatic N) is 1. The van der Waals surface area contributed by atoms with Crippen LogP contribution in [-0.2, 0) is 23.7 Å². The molecule has 6 unspecified atom stereocenters. The molecule has 3 aliphatic heterocycles. The maximum absolute atomic E-state index is 13.2. The molecule has 8 fully saturated rings. The number of rotatable bonds is 5. The van der Waals surface area contributed by atoms with E-state index in [1.54, 1.807) is 0 Å². The molecule has 0 aromatic heterocycles. The molecule has 0 aromatic carbocycles. The molecule has 2 N–H and O–H groups in total. The SMILES string of the molecule is CC.CC(C)(O)CC1CC[C@H]2C(O1)[C@H](O)C1C3CC[C@H]4C(C)(C)[C@@H](OC5CN(C(=O)C6(C)COC6)CCO5)CCC45C[C@@]35CC[C@@]12C. The molecule has 2 spiro atoms. The van der Waals surface area contributed by atoms with Crippen LogP contribution in [0.25, 0.3) is 0 Å². The maximum Gasteiger partial charge on any atom is 0.233 e. The van der Waals surface area contributed by atoms with Gasteiger partial charge in [-0.1, -0.05) is 34.6 Å². The minimum absolute atomic E-state index is 0.0205. The largest absolute Gasteiger partial charge is 0.390 e. The Bertz CT molecular complexity index is 1200. The molecule has 8 aliphatic rings. The van der Waals surface area contributed by atoms with Crippen LogP contribution in [0, 0.1) is 50.7 Å². The van der Waals surface area contributed by atoms with Crippen LogP contribution in [-0.4, -0.2) is 90.2 Å². The van der Waals surface area contributed by atoms with Gasteiger partial charge in [0, 0.05) is 13.0 Å². The van der Waals surface area contributed by atoms with E-state index in [-0.39, 0.29) is 41.3 Å². The molecule has 47 heavy (non-hydrogen) atoms. The van der Waals surface area contributed by atoms with Crippen molar-refractivity contribution in [3.8, 4) is 0 Å². The Kier molecular flexibility index (Phi) is 8.58. The van der Waals surface area contributed by atoms with Crippen molar-refractivity contribution in [1.29, 1.82) is 0 Å². The highest BCUT2D eigenvalue weighted by Gasteiger charge is 2.81. The number of hydrogen-bond acceptors (Lipinski definition) is 7. The van der Waals surface area contributed by atoms with Crippen molar-refractivity contribution in [3.05, 3.63) is 0 Å². The first-order valence-corrected chi connectivity index (χ1v) is 19.3. The Morgan fingerprint density at radius 3 is 2.36 bits per heavy atom. The number of morpholine rings is 1. The Labute approximate surface area is 284 Å². The van der Waals surface area contributed by atoms with Crippen LogP contribution in [0.15, 0.2) is 0 Å². The summed E-state index contributed by atoms with van der Waals surface area (Å²) in [5.41, 5.74) is -0.300. The lowest BCUT2D eigenvalue weighted by atomic mass is 9.46. The normalized spacial score (nSPS) is 49.1. The molecule has 3 saturated heterocycles. The van der Waals surface area contributed by atoms with Crippen molar-refractivity contribution in [2.45, 2.75) is 156 Å². The average molecular weight is 660 g/mol. The van der Waals surface area contributed by atoms with Crippen LogP contribution in [0.2, 0.25) is 0 Å². The molecule has 1 amide bonds. The zero-order chi connectivity index (χ0) is 33.8. The predicted octanol–water partition coefficient (Wildman–Crippen LogP) is 5.96. The van der Waals surface area contributed by atoms with E-state index in [0.29, 0.717) is 73.8 Å². The number of fused-ring (bicyclic) bond motifs is 4. The van der Waals surface area contributed by atoms with Crippen molar-refractivity contribution < 1.29 is 34.0 Å². The van der Waals surface area contributed by atoms with Gasteiger partial charge in [0.05, 0.1) is 61.8 Å². The first-order chi connectivity index (χ1) is 22.1. The van der Waals surface area contributed by atoms with E-state index in [1.165, 1.54) is 38.5 Å². The van der Waals surface area contributed by atoms with Crippen LogP contribution in [0.4, 0.5) is 0 Å². The number of hydrogen-bond donors (Lipinski definition) is 2. The average Bonchev–Trinajstić information content (AvgIpc) is 3.63. The maximum atomic E-state index is 13.2. The van der Waals surface area contributed by atoms with Gasteiger partial charge in [-0.25, -0.2) is 0 Å². The number of amides is 1. The number of ether oxygens (including phenoxy) is 4. The molecule has 5 aliphatic carbocycles. The Morgan fingerprint density at radius 2 is 1.68 bits per heavy atom. The number of carbonyl (C=O) groups excluding carboxylic acids is 1. The van der Waals surface area contributed by atoms with Crippen LogP contribution in [0.3, 0.4) is 0 Å². The van der Waals surface area contributed by atoms with Gasteiger partial charge in [-0.2, -0.15) is 0 Å². The highest BCUT2D eigenvalue weighted by atomic mass is 16.7. The second kappa shape index (κ2) is 11.6. The molecule has 5 saturated carbocycles. The third kappa shape index (κ3) is 5.14. The lowest BCUT2D eigenvalue weighted by Gasteiger charge is -2.60. The molecule has 12 atom stereocenters. The first kappa shape index (κ1) is 34.7. The Hall–Kier alpha value is -0.770. The van der Waals surface area contributed by atoms with E-state index in [0.717, 1.165) is 19.3 Å². The molecule has 0 aromatic rings. The van der Waals surface area contributed by atoms with Gasteiger partial charge in [-0.15, -0.1) is 0 Å². The van der Waals surface area contributed by atoms with Gasteiger partial charge in [0.1, 0.15) is 0 Å². The quantitative estimate of drug-likeness (QED) is 0.376. The Balaban J connectivity index is 0.00000172. The fraction of sp³-hybridized carbons (Fsp3) is 0.974. The lowest BCUT2D eigenvalue weighted by Crippen LogP contribution is -2.59. The topological polar surface area (TPSA) is 97.7 Å². The summed E-state index contributed by atoms with van der Waals surface area (Å²) >= 11 is 0. The number of carbonyl (C=O) groups is 1. The van der Waals surface area contributed by atoms with Crippen molar-refractivity contribution in [1.82, 2.24) is 4.90 Å². The summed E-state index contributed by atoms with van der Waals surface area (Å²) < 4.78 is 25.0. The third-order valence-electron chi connectivity index (χ3n) is 15.3. The zero-order valence-corrected chi connectivity index (χ0v) is 30.7. The van der Waals surface area contributed by atoms with Crippen molar-refractivity contribution in [2.24, 2.45) is 50.7 Å². The van der Waals surface area contributed by atoms with Gasteiger partial charge in [0.2, 0.25) is 5.91 Å². The molecule has 3 heterocycles. The van der Waals surface area contributed by atoms with Gasteiger partial charge in [0.25, 0.3) is 0 Å². The highest BCUT2D eigenvalue weighted by molar-refractivity contribution is 5.83. The molecule has 8 heteroatoms. The van der Waals surface area contributed by atoms with E-state index in [2.05, 4.69) is 20.8 Å². The second-order valence-electron chi connectivity index (χ2n) is 18.8. The lowest BCUT2D eigenvalue weighted by molar-refractivity contribution is -0.247. The summed E-state index contributed by atoms with van der Waals surface area (Å²) in [6.07, 6.45) is 10.4. The number of aliphatic hydroxyl groups is 2. The van der Waals surface area contributed by atoms with Crippen LogP contribution >= 0.6 is 0 Å². The summed E-state index contributed by atoms with van der Waals surface area (Å²) in [6.45, 7) is 19.8. The minimum Gasteiger partial charge on any atom is -0.390 e. The van der Waals surface area contributed by atoms with E-state index in [9.17, 15) is 15.0 Å². The second-order valence-corrected chi connectivity index (χ2v) is 18.8. The van der Waals surface area contributed by atoms with Crippen LogP contribution in [0.5, 0.6) is 0 Å². The predicted molar refractivity (Wildman–Crippen MR) is 179 cm³/mol. The minimum atomic E-state index is -0.750. The molecular weight excluding hydrogens is 594 g/mol. The monoisotopic (exact) mass is 659 g/mol. The molecule has 8 nitrogen and oxygen atoms in total. The summed E-state index contributed by atoms with van der Waals surface area (Å²) in [4.78, 5) is 15.2. The Morgan fingerprint density at radius 1 is 0.957 bits per heavy atom. The smallest absolute Gasteiger partial charge is 0.233 e. The fourth-order valence-corrected chi connectivity index (χ4v) is 13.3. The summed E-state index contributed by atoms with van der Waals surface area (Å²) in [5, 5.41) is 22.6. The van der Waals surface area contributed by atoms with Gasteiger partial charge < -0.3 is 34.1 Å². The van der Waals surface area contributed by atoms with E-state index in [4.69, 9.17) is 18.9 Å². The molecule has 8 rings (SSSR count). The van der Waals surface area contributed by atoms with E-state index >= 15 is 0 Å². The van der Waals surface area contributed by atoms with Crippen molar-refractivity contribution >= 4 is 5.91 Å². The van der Waals surface area contributed by atoms with Crippen LogP contribution < -0.4 is 0 Å². The standard InChI is InChI=1S/C37H59NO7.C2H6/c1-32(2,41)17-22-7-8-24-30(44-22)29(39)28-23-9-10-25-33(3,4)26(11-12-37(25)19-36(23,37)14-13-35(24,28)6)45-27-18-38(15-16-43-27)31(40)34(5)20-42-21-34;1-2/h22-30,39,41H,7-21H2,1-6H3;1-2H3/t22?,23?,24-,25-,26-,27?,28?,29+,30?,35+,36-,37?;/m0./s1. The fourth-order valence-electron chi connectivity index (χ4n) is 13.3.